The number of Topliss-reactive ketones (excluding diaryl/α,β-unsaturated/α-hetero) is 2. The molecule has 9 heteroatoms. The summed E-state index contributed by atoms with van der Waals surface area (Å²) in [6, 6.07) is 1.49. The van der Waals surface area contributed by atoms with Gasteiger partial charge < -0.3 is 30.5 Å². The van der Waals surface area contributed by atoms with Crippen LogP contribution in [0.4, 0.5) is 0 Å². The van der Waals surface area contributed by atoms with Gasteiger partial charge in [-0.3, -0.25) is 14.4 Å². The molecule has 2 rings (SSSR count). The van der Waals surface area contributed by atoms with Crippen LogP contribution >= 0.6 is 0 Å². The fraction of sp³-hybridized carbons (Fsp3) is 0.516. The van der Waals surface area contributed by atoms with Gasteiger partial charge in [0, 0.05) is 22.6 Å². The van der Waals surface area contributed by atoms with E-state index < -0.39 is 39.8 Å². The third kappa shape index (κ3) is 5.03. The molecule has 0 saturated heterocycles. The summed E-state index contributed by atoms with van der Waals surface area (Å²) in [6.45, 7) is 13.7. The number of benzene rings is 1. The van der Waals surface area contributed by atoms with Gasteiger partial charge in [0.2, 0.25) is 5.78 Å². The van der Waals surface area contributed by atoms with Crippen LogP contribution in [0.25, 0.3) is 5.76 Å². The lowest BCUT2D eigenvalue weighted by molar-refractivity contribution is -0.131. The number of nitrogens with two attached hydrogens (primary N) is 1. The molecule has 1 aromatic carbocycles. The fourth-order valence-electron chi connectivity index (χ4n) is 6.51. The van der Waals surface area contributed by atoms with Crippen molar-refractivity contribution in [2.75, 3.05) is 14.2 Å². The number of aliphatic hydroxyl groups is 2. The molecule has 0 heterocycles. The van der Waals surface area contributed by atoms with Crippen LogP contribution in [0.15, 0.2) is 34.6 Å². The molecule has 1 unspecified atom stereocenters. The van der Waals surface area contributed by atoms with Crippen LogP contribution in [0.5, 0.6) is 11.5 Å². The summed E-state index contributed by atoms with van der Waals surface area (Å²) in [5, 5.41) is 32.9. The van der Waals surface area contributed by atoms with Gasteiger partial charge in [-0.25, -0.2) is 0 Å². The van der Waals surface area contributed by atoms with Crippen molar-refractivity contribution in [1.82, 2.24) is 0 Å². The standard InChI is InChI=1S/C31H43NO8/c1-11-31(16(2)13-12-14-29(31,6)7)24-17(3)22(20(34)15-21(24)39-9)25(40-10)18(4)26(35)30(8,38)27(36)23(19(5)33)28(32)37/h13,15,34,36,38H,11-12,14H2,1-10H3,(H2,32,37)/b25-18-,27-23?/t30?,31-/m0/s1. The summed E-state index contributed by atoms with van der Waals surface area (Å²) >= 11 is 0. The highest BCUT2D eigenvalue weighted by Crippen LogP contribution is 2.59. The molecule has 0 aromatic heterocycles. The zero-order valence-electron chi connectivity index (χ0n) is 25.2. The van der Waals surface area contributed by atoms with E-state index in [0.717, 1.165) is 38.7 Å². The molecule has 0 radical (unpaired) electrons. The Morgan fingerprint density at radius 3 is 2.15 bits per heavy atom. The second-order valence-corrected chi connectivity index (χ2v) is 11.2. The maximum Gasteiger partial charge on any atom is 0.255 e. The number of allylic oxidation sites excluding steroid dienone is 2. The monoisotopic (exact) mass is 557 g/mol. The Labute approximate surface area is 236 Å². The molecule has 9 nitrogen and oxygen atoms in total. The number of methoxy groups -OCH3 is 2. The largest absolute Gasteiger partial charge is 0.508 e. The Morgan fingerprint density at radius 2 is 1.73 bits per heavy atom. The summed E-state index contributed by atoms with van der Waals surface area (Å²) in [5.74, 6) is -4.21. The highest BCUT2D eigenvalue weighted by Gasteiger charge is 2.50. The second kappa shape index (κ2) is 11.5. The molecule has 0 saturated carbocycles. The quantitative estimate of drug-likeness (QED) is 0.106. The Balaban J connectivity index is 2.99. The van der Waals surface area contributed by atoms with E-state index in [4.69, 9.17) is 15.2 Å². The molecular formula is C31H43NO8. The molecule has 2 atom stereocenters. The molecule has 0 fully saturated rings. The lowest BCUT2D eigenvalue weighted by Crippen LogP contribution is -2.45. The van der Waals surface area contributed by atoms with Crippen molar-refractivity contribution in [3.05, 3.63) is 51.3 Å². The Bertz CT molecular complexity index is 1310. The SMILES string of the molecule is CC[C@@]1(c2c(OC)cc(O)c(/C(OC)=C(\C)C(=O)C(C)(O)C(O)=C(C(C)=O)C(N)=O)c2C)C(C)=CCCC1(C)C. The van der Waals surface area contributed by atoms with Crippen LogP contribution in [0.1, 0.15) is 84.4 Å². The van der Waals surface area contributed by atoms with Gasteiger partial charge in [-0.2, -0.15) is 0 Å². The predicted octanol–water partition coefficient (Wildman–Crippen LogP) is 4.71. The number of rotatable bonds is 10. The minimum atomic E-state index is -2.70. The van der Waals surface area contributed by atoms with Crippen molar-refractivity contribution in [3.8, 4) is 11.5 Å². The number of aliphatic hydroxyl groups excluding tert-OH is 1. The van der Waals surface area contributed by atoms with Gasteiger partial charge in [0.25, 0.3) is 5.91 Å². The number of ether oxygens (including phenoxy) is 2. The first-order valence-corrected chi connectivity index (χ1v) is 13.2. The van der Waals surface area contributed by atoms with Gasteiger partial charge >= 0.3 is 0 Å². The third-order valence-electron chi connectivity index (χ3n) is 8.60. The van der Waals surface area contributed by atoms with Crippen molar-refractivity contribution in [1.29, 1.82) is 0 Å². The van der Waals surface area contributed by atoms with Gasteiger partial charge in [-0.15, -0.1) is 0 Å². The fourth-order valence-corrected chi connectivity index (χ4v) is 6.51. The normalized spacial score (nSPS) is 21.3. The van der Waals surface area contributed by atoms with Crippen LogP contribution in [0.3, 0.4) is 0 Å². The molecular weight excluding hydrogens is 514 g/mol. The average molecular weight is 558 g/mol. The second-order valence-electron chi connectivity index (χ2n) is 11.2. The average Bonchev–Trinajstić information content (AvgIpc) is 2.85. The summed E-state index contributed by atoms with van der Waals surface area (Å²) < 4.78 is 11.4. The van der Waals surface area contributed by atoms with Gasteiger partial charge in [0.05, 0.1) is 19.8 Å². The number of phenolic OH excluding ortho intramolecular Hbond substituents is 1. The number of carbonyl (C=O) groups is 3. The number of amides is 1. The maximum atomic E-state index is 13.6. The number of aromatic hydroxyl groups is 1. The summed E-state index contributed by atoms with van der Waals surface area (Å²) in [7, 11) is 2.85. The lowest BCUT2D eigenvalue weighted by atomic mass is 9.52. The maximum absolute atomic E-state index is 13.6. The number of ketones is 2. The van der Waals surface area contributed by atoms with E-state index in [-0.39, 0.29) is 28.1 Å². The topological polar surface area (TPSA) is 156 Å². The zero-order valence-corrected chi connectivity index (χ0v) is 25.2. The van der Waals surface area contributed by atoms with Crippen molar-refractivity contribution < 1.29 is 39.2 Å². The molecule has 5 N–H and O–H groups in total. The molecule has 1 amide bonds. The molecule has 1 aromatic rings. The summed E-state index contributed by atoms with van der Waals surface area (Å²) in [6.07, 6.45) is 4.82. The van der Waals surface area contributed by atoms with E-state index in [1.165, 1.54) is 32.8 Å². The van der Waals surface area contributed by atoms with Gasteiger partial charge in [0.1, 0.15) is 28.6 Å². The van der Waals surface area contributed by atoms with Crippen molar-refractivity contribution >= 4 is 23.2 Å². The Morgan fingerprint density at radius 1 is 1.15 bits per heavy atom. The molecule has 1 aliphatic rings. The highest BCUT2D eigenvalue weighted by molar-refractivity contribution is 6.20. The molecule has 0 spiro atoms. The Kier molecular flexibility index (Phi) is 9.37. The van der Waals surface area contributed by atoms with Gasteiger partial charge in [-0.05, 0) is 64.9 Å². The van der Waals surface area contributed by atoms with Crippen LogP contribution in [0, 0.1) is 12.3 Å². The highest BCUT2D eigenvalue weighted by atomic mass is 16.5. The van der Waals surface area contributed by atoms with Crippen LogP contribution in [-0.2, 0) is 24.5 Å². The first-order valence-electron chi connectivity index (χ1n) is 13.2. The number of phenols is 1. The van der Waals surface area contributed by atoms with Gasteiger partial charge in [-0.1, -0.05) is 32.4 Å². The number of carbonyl (C=O) groups excluding carboxylic acids is 3. The first-order chi connectivity index (χ1) is 18.4. The molecule has 220 valence electrons. The number of primary amides is 1. The summed E-state index contributed by atoms with van der Waals surface area (Å²) in [5.41, 5.74) is 3.66. The molecule has 0 bridgehead atoms. The van der Waals surface area contributed by atoms with Gasteiger partial charge in [0.15, 0.2) is 11.4 Å². The number of hydrogen-bond acceptors (Lipinski definition) is 8. The molecule has 1 aliphatic carbocycles. The predicted molar refractivity (Wildman–Crippen MR) is 153 cm³/mol. The minimum absolute atomic E-state index is 0.0538. The summed E-state index contributed by atoms with van der Waals surface area (Å²) in [4.78, 5) is 37.3. The molecule has 40 heavy (non-hydrogen) atoms. The van der Waals surface area contributed by atoms with Crippen LogP contribution < -0.4 is 10.5 Å². The van der Waals surface area contributed by atoms with E-state index in [9.17, 15) is 29.7 Å². The number of hydrogen-bond donors (Lipinski definition) is 4. The van der Waals surface area contributed by atoms with Crippen molar-refractivity contribution in [2.24, 2.45) is 11.1 Å². The minimum Gasteiger partial charge on any atom is -0.508 e. The van der Waals surface area contributed by atoms with Crippen molar-refractivity contribution in [2.45, 2.75) is 85.7 Å². The van der Waals surface area contributed by atoms with E-state index in [1.807, 2.05) is 6.92 Å². The first kappa shape index (κ1) is 32.6. The van der Waals surface area contributed by atoms with Crippen LogP contribution in [-0.4, -0.2) is 52.6 Å². The zero-order chi connectivity index (χ0) is 31.0. The van der Waals surface area contributed by atoms with E-state index in [0.29, 0.717) is 11.3 Å². The van der Waals surface area contributed by atoms with Crippen molar-refractivity contribution in [3.63, 3.8) is 0 Å². The molecule has 0 aliphatic heterocycles. The van der Waals surface area contributed by atoms with Crippen LogP contribution in [0.2, 0.25) is 0 Å². The van der Waals surface area contributed by atoms with E-state index in [1.54, 1.807) is 0 Å². The lowest BCUT2D eigenvalue weighted by Gasteiger charge is -2.52. The third-order valence-corrected chi connectivity index (χ3v) is 8.60. The smallest absolute Gasteiger partial charge is 0.255 e. The van der Waals surface area contributed by atoms with E-state index >= 15 is 0 Å². The Hall–Kier alpha value is -3.59. The van der Waals surface area contributed by atoms with E-state index in [2.05, 4.69) is 33.8 Å².